The van der Waals surface area contributed by atoms with Gasteiger partial charge in [-0.1, -0.05) is 18.2 Å². The van der Waals surface area contributed by atoms with Crippen molar-refractivity contribution >= 4 is 23.4 Å². The van der Waals surface area contributed by atoms with Crippen LogP contribution in [0.1, 0.15) is 11.1 Å². The molecule has 0 aliphatic rings. The first-order chi connectivity index (χ1) is 9.54. The molecule has 0 radical (unpaired) electrons. The van der Waals surface area contributed by atoms with Crippen LogP contribution in [0.2, 0.25) is 0 Å². The largest absolute Gasteiger partial charge is 0.506 e. The number of aryl methyl sites for hydroxylation is 1. The summed E-state index contributed by atoms with van der Waals surface area (Å²) in [4.78, 5) is 11.8. The van der Waals surface area contributed by atoms with Crippen LogP contribution < -0.4 is 11.1 Å². The van der Waals surface area contributed by atoms with E-state index in [0.29, 0.717) is 11.4 Å². The average molecular weight is 268 g/mol. The Hall–Kier alpha value is -2.75. The van der Waals surface area contributed by atoms with Crippen molar-refractivity contribution in [1.29, 1.82) is 0 Å². The van der Waals surface area contributed by atoms with Gasteiger partial charge in [0.1, 0.15) is 5.75 Å². The first kappa shape index (κ1) is 13.7. The standard InChI is InChI=1S/C16H16N2O2/c1-11-2-8-14(15(19)10-11)18-16(20)9-5-12-3-6-13(17)7-4-12/h2-10,19H,17H2,1H3,(H,18,20)/b9-5+. The molecular weight excluding hydrogens is 252 g/mol. The molecule has 0 fully saturated rings. The zero-order valence-electron chi connectivity index (χ0n) is 11.1. The fraction of sp³-hybridized carbons (Fsp3) is 0.0625. The minimum Gasteiger partial charge on any atom is -0.506 e. The summed E-state index contributed by atoms with van der Waals surface area (Å²) >= 11 is 0. The molecule has 0 aromatic heterocycles. The minimum atomic E-state index is -0.305. The molecule has 0 aliphatic heterocycles. The highest BCUT2D eigenvalue weighted by atomic mass is 16.3. The number of phenols is 1. The second-order valence-electron chi connectivity index (χ2n) is 4.51. The molecule has 2 aromatic carbocycles. The predicted octanol–water partition coefficient (Wildman–Crippen LogP) is 2.93. The van der Waals surface area contributed by atoms with Gasteiger partial charge in [0.15, 0.2) is 0 Å². The summed E-state index contributed by atoms with van der Waals surface area (Å²) < 4.78 is 0. The summed E-state index contributed by atoms with van der Waals surface area (Å²) in [5.41, 5.74) is 8.46. The molecule has 0 heterocycles. The molecule has 4 heteroatoms. The number of nitrogen functional groups attached to an aromatic ring is 1. The molecule has 102 valence electrons. The van der Waals surface area contributed by atoms with Gasteiger partial charge < -0.3 is 16.2 Å². The van der Waals surface area contributed by atoms with Gasteiger partial charge in [-0.25, -0.2) is 0 Å². The Labute approximate surface area is 117 Å². The second-order valence-corrected chi connectivity index (χ2v) is 4.51. The van der Waals surface area contributed by atoms with Crippen LogP contribution in [0.25, 0.3) is 6.08 Å². The maximum Gasteiger partial charge on any atom is 0.248 e. The summed E-state index contributed by atoms with van der Waals surface area (Å²) in [5, 5.41) is 12.3. The third-order valence-corrected chi connectivity index (χ3v) is 2.77. The number of phenolic OH excluding ortho intramolecular Hbond substituents is 1. The maximum absolute atomic E-state index is 11.8. The number of anilines is 2. The van der Waals surface area contributed by atoms with Gasteiger partial charge in [-0.2, -0.15) is 0 Å². The van der Waals surface area contributed by atoms with Crippen LogP contribution in [0.15, 0.2) is 48.5 Å². The lowest BCUT2D eigenvalue weighted by Gasteiger charge is -2.05. The van der Waals surface area contributed by atoms with Crippen molar-refractivity contribution in [2.75, 3.05) is 11.1 Å². The number of aromatic hydroxyl groups is 1. The third-order valence-electron chi connectivity index (χ3n) is 2.77. The van der Waals surface area contributed by atoms with Gasteiger partial charge in [0, 0.05) is 11.8 Å². The highest BCUT2D eigenvalue weighted by molar-refractivity contribution is 6.02. The van der Waals surface area contributed by atoms with E-state index in [1.165, 1.54) is 6.08 Å². The Morgan fingerprint density at radius 1 is 1.20 bits per heavy atom. The molecule has 4 N–H and O–H groups in total. The van der Waals surface area contributed by atoms with Crippen LogP contribution in [-0.4, -0.2) is 11.0 Å². The van der Waals surface area contributed by atoms with E-state index < -0.39 is 0 Å². The van der Waals surface area contributed by atoms with Crippen molar-refractivity contribution in [1.82, 2.24) is 0 Å². The van der Waals surface area contributed by atoms with E-state index in [4.69, 9.17) is 5.73 Å². The lowest BCUT2D eigenvalue weighted by molar-refractivity contribution is -0.111. The van der Waals surface area contributed by atoms with Crippen molar-refractivity contribution in [3.63, 3.8) is 0 Å². The molecule has 0 unspecified atom stereocenters. The van der Waals surface area contributed by atoms with Crippen LogP contribution in [0.5, 0.6) is 5.75 Å². The Bertz CT molecular complexity index is 646. The normalized spacial score (nSPS) is 10.7. The van der Waals surface area contributed by atoms with E-state index in [9.17, 15) is 9.90 Å². The zero-order chi connectivity index (χ0) is 14.5. The summed E-state index contributed by atoms with van der Waals surface area (Å²) in [7, 11) is 0. The Morgan fingerprint density at radius 3 is 2.55 bits per heavy atom. The lowest BCUT2D eigenvalue weighted by atomic mass is 10.2. The van der Waals surface area contributed by atoms with E-state index in [0.717, 1.165) is 11.1 Å². The Balaban J connectivity index is 2.03. The Morgan fingerprint density at radius 2 is 1.90 bits per heavy atom. The van der Waals surface area contributed by atoms with Gasteiger partial charge in [-0.15, -0.1) is 0 Å². The molecule has 0 spiro atoms. The van der Waals surface area contributed by atoms with E-state index in [-0.39, 0.29) is 11.7 Å². The number of rotatable bonds is 3. The molecule has 2 aromatic rings. The summed E-state index contributed by atoms with van der Waals surface area (Å²) in [6.07, 6.45) is 3.09. The molecular formula is C16H16N2O2. The average Bonchev–Trinajstić information content (AvgIpc) is 2.41. The predicted molar refractivity (Wildman–Crippen MR) is 81.4 cm³/mol. The quantitative estimate of drug-likeness (QED) is 0.455. The summed E-state index contributed by atoms with van der Waals surface area (Å²) in [6.45, 7) is 1.87. The number of nitrogens with one attached hydrogen (secondary N) is 1. The molecule has 0 saturated heterocycles. The zero-order valence-corrected chi connectivity index (χ0v) is 11.1. The van der Waals surface area contributed by atoms with Crippen LogP contribution in [0, 0.1) is 6.92 Å². The van der Waals surface area contributed by atoms with E-state index in [1.54, 1.807) is 30.3 Å². The van der Waals surface area contributed by atoms with Crippen LogP contribution in [-0.2, 0) is 4.79 Å². The maximum atomic E-state index is 11.8. The third kappa shape index (κ3) is 3.62. The van der Waals surface area contributed by atoms with E-state index in [2.05, 4.69) is 5.32 Å². The van der Waals surface area contributed by atoms with Crippen molar-refractivity contribution in [2.45, 2.75) is 6.92 Å². The summed E-state index contributed by atoms with van der Waals surface area (Å²) in [5.74, 6) is -0.250. The number of nitrogens with two attached hydrogens (primary N) is 1. The summed E-state index contributed by atoms with van der Waals surface area (Å²) in [6, 6.07) is 12.3. The van der Waals surface area contributed by atoms with Gasteiger partial charge in [0.2, 0.25) is 5.91 Å². The second kappa shape index (κ2) is 5.93. The fourth-order valence-electron chi connectivity index (χ4n) is 1.70. The van der Waals surface area contributed by atoms with Crippen molar-refractivity contribution in [3.05, 3.63) is 59.7 Å². The molecule has 0 bridgehead atoms. The van der Waals surface area contributed by atoms with Gasteiger partial charge in [0.05, 0.1) is 5.69 Å². The first-order valence-electron chi connectivity index (χ1n) is 6.19. The topological polar surface area (TPSA) is 75.4 Å². The van der Waals surface area contributed by atoms with E-state index >= 15 is 0 Å². The van der Waals surface area contributed by atoms with Crippen molar-refractivity contribution < 1.29 is 9.90 Å². The van der Waals surface area contributed by atoms with Gasteiger partial charge in [-0.05, 0) is 48.4 Å². The van der Waals surface area contributed by atoms with E-state index in [1.807, 2.05) is 25.1 Å². The molecule has 0 saturated carbocycles. The lowest BCUT2D eigenvalue weighted by Crippen LogP contribution is -2.07. The molecule has 4 nitrogen and oxygen atoms in total. The number of amides is 1. The van der Waals surface area contributed by atoms with Gasteiger partial charge in [0.25, 0.3) is 0 Å². The number of benzene rings is 2. The first-order valence-corrected chi connectivity index (χ1v) is 6.19. The fourth-order valence-corrected chi connectivity index (χ4v) is 1.70. The monoisotopic (exact) mass is 268 g/mol. The number of hydrogen-bond donors (Lipinski definition) is 3. The number of hydrogen-bond acceptors (Lipinski definition) is 3. The molecule has 0 aliphatic carbocycles. The molecule has 20 heavy (non-hydrogen) atoms. The molecule has 0 atom stereocenters. The highest BCUT2D eigenvalue weighted by Crippen LogP contribution is 2.23. The SMILES string of the molecule is Cc1ccc(NC(=O)/C=C/c2ccc(N)cc2)c(O)c1. The molecule has 1 amide bonds. The number of carbonyl (C=O) groups excluding carboxylic acids is 1. The minimum absolute atomic E-state index is 0.0548. The number of carbonyl (C=O) groups is 1. The highest BCUT2D eigenvalue weighted by Gasteiger charge is 2.03. The molecule has 2 rings (SSSR count). The van der Waals surface area contributed by atoms with Crippen molar-refractivity contribution in [3.8, 4) is 5.75 Å². The smallest absolute Gasteiger partial charge is 0.248 e. The van der Waals surface area contributed by atoms with Crippen LogP contribution in [0.3, 0.4) is 0 Å². The Kier molecular flexibility index (Phi) is 4.05. The van der Waals surface area contributed by atoms with Crippen LogP contribution in [0.4, 0.5) is 11.4 Å². The van der Waals surface area contributed by atoms with Crippen LogP contribution >= 0.6 is 0 Å². The van der Waals surface area contributed by atoms with Crippen molar-refractivity contribution in [2.24, 2.45) is 0 Å². The van der Waals surface area contributed by atoms with Gasteiger partial charge >= 0.3 is 0 Å². The van der Waals surface area contributed by atoms with Gasteiger partial charge in [-0.3, -0.25) is 4.79 Å².